The van der Waals surface area contributed by atoms with Gasteiger partial charge in [-0.2, -0.15) is 0 Å². The molecule has 3 rings (SSSR count). The molecule has 0 saturated heterocycles. The van der Waals surface area contributed by atoms with Crippen molar-refractivity contribution in [1.82, 2.24) is 9.97 Å². The van der Waals surface area contributed by atoms with Crippen LogP contribution in [0.2, 0.25) is 10.3 Å². The number of halogens is 3. The van der Waals surface area contributed by atoms with E-state index in [9.17, 15) is 9.18 Å². The van der Waals surface area contributed by atoms with E-state index in [1.54, 1.807) is 43.5 Å². The minimum atomic E-state index is -0.855. The maximum atomic E-state index is 13.6. The molecule has 0 fully saturated rings. The Hall–Kier alpha value is -2.90. The van der Waals surface area contributed by atoms with Gasteiger partial charge in [0.25, 0.3) is 5.91 Å². The number of nitrogens with zero attached hydrogens (tertiary/aromatic N) is 2. The van der Waals surface area contributed by atoms with E-state index < -0.39 is 16.9 Å². The van der Waals surface area contributed by atoms with Crippen molar-refractivity contribution in [3.05, 3.63) is 70.3 Å². The van der Waals surface area contributed by atoms with Crippen LogP contribution in [0.3, 0.4) is 0 Å². The Balaban J connectivity index is 1.83. The molecule has 0 spiro atoms. The minimum Gasteiger partial charge on any atom is -0.497 e. The normalized spacial score (nSPS) is 10.4. The van der Waals surface area contributed by atoms with Crippen LogP contribution in [-0.2, 0) is 0 Å². The van der Waals surface area contributed by atoms with Gasteiger partial charge in [0, 0.05) is 6.20 Å². The van der Waals surface area contributed by atoms with Crippen LogP contribution in [0.1, 0.15) is 10.4 Å². The fourth-order valence-electron chi connectivity index (χ4n) is 2.12. The Bertz CT molecular complexity index is 984. The molecule has 0 atom stereocenters. The highest BCUT2D eigenvalue weighted by atomic mass is 35.5. The predicted octanol–water partition coefficient (Wildman–Crippen LogP) is 4.98. The Morgan fingerprint density at radius 3 is 2.52 bits per heavy atom. The van der Waals surface area contributed by atoms with Crippen molar-refractivity contribution >= 4 is 34.8 Å². The summed E-state index contributed by atoms with van der Waals surface area (Å²) in [6.45, 7) is 0. The van der Waals surface area contributed by atoms with E-state index >= 15 is 0 Å². The number of pyridine rings is 2. The summed E-state index contributed by atoms with van der Waals surface area (Å²) in [5.41, 5.74) is 0.0996. The van der Waals surface area contributed by atoms with Gasteiger partial charge in [-0.1, -0.05) is 23.2 Å². The second kappa shape index (κ2) is 8.20. The van der Waals surface area contributed by atoms with Gasteiger partial charge in [-0.3, -0.25) is 4.79 Å². The first kappa shape index (κ1) is 18.9. The fraction of sp³-hybridized carbons (Fsp3) is 0.0556. The van der Waals surface area contributed by atoms with E-state index in [1.807, 2.05) is 0 Å². The summed E-state index contributed by atoms with van der Waals surface area (Å²) < 4.78 is 24.4. The van der Waals surface area contributed by atoms with Crippen molar-refractivity contribution in [2.24, 2.45) is 0 Å². The molecule has 0 radical (unpaired) electrons. The number of nitrogens with one attached hydrogen (secondary N) is 1. The number of methoxy groups -OCH3 is 1. The summed E-state index contributed by atoms with van der Waals surface area (Å²) in [6.07, 6.45) is 1.50. The second-order valence-corrected chi connectivity index (χ2v) is 5.90. The molecule has 6 nitrogen and oxygen atoms in total. The number of hydrogen-bond donors (Lipinski definition) is 1. The monoisotopic (exact) mass is 407 g/mol. The van der Waals surface area contributed by atoms with Crippen molar-refractivity contribution in [3.63, 3.8) is 0 Å². The molecule has 0 saturated carbocycles. The zero-order valence-corrected chi connectivity index (χ0v) is 15.4. The number of carbonyl (C=O) groups is 1. The molecule has 0 aliphatic heterocycles. The van der Waals surface area contributed by atoms with E-state index in [-0.39, 0.29) is 22.3 Å². The molecule has 0 aliphatic carbocycles. The van der Waals surface area contributed by atoms with Crippen LogP contribution in [0.25, 0.3) is 0 Å². The first-order valence-electron chi connectivity index (χ1n) is 7.57. The molecule has 3 aromatic rings. The predicted molar refractivity (Wildman–Crippen MR) is 99.5 cm³/mol. The Kier molecular flexibility index (Phi) is 5.73. The van der Waals surface area contributed by atoms with E-state index in [0.29, 0.717) is 11.5 Å². The molecule has 0 aliphatic rings. The number of hydrogen-bond acceptors (Lipinski definition) is 5. The smallest absolute Gasteiger partial charge is 0.259 e. The van der Waals surface area contributed by atoms with Gasteiger partial charge in [0.05, 0.1) is 12.7 Å². The SMILES string of the molecule is COc1ccc(Oc2ncccc2NC(=O)c2cc(F)c(Cl)nc2Cl)cc1. The number of aromatic nitrogens is 2. The van der Waals surface area contributed by atoms with Gasteiger partial charge in [-0.25, -0.2) is 14.4 Å². The van der Waals surface area contributed by atoms with E-state index in [2.05, 4.69) is 15.3 Å². The molecule has 0 unspecified atom stereocenters. The fourth-order valence-corrected chi connectivity index (χ4v) is 2.52. The molecular weight excluding hydrogens is 396 g/mol. The van der Waals surface area contributed by atoms with Gasteiger partial charge in [-0.05, 0) is 42.5 Å². The first-order valence-corrected chi connectivity index (χ1v) is 8.33. The lowest BCUT2D eigenvalue weighted by Crippen LogP contribution is -2.14. The van der Waals surface area contributed by atoms with Crippen LogP contribution >= 0.6 is 23.2 Å². The molecule has 138 valence electrons. The summed E-state index contributed by atoms with van der Waals surface area (Å²) in [6, 6.07) is 10.9. The van der Waals surface area contributed by atoms with E-state index in [0.717, 1.165) is 6.07 Å². The maximum absolute atomic E-state index is 13.6. The van der Waals surface area contributed by atoms with Crippen LogP contribution < -0.4 is 14.8 Å². The molecule has 1 amide bonds. The number of benzene rings is 1. The van der Waals surface area contributed by atoms with Gasteiger partial charge >= 0.3 is 0 Å². The zero-order chi connectivity index (χ0) is 19.4. The van der Waals surface area contributed by atoms with Crippen molar-refractivity contribution in [2.45, 2.75) is 0 Å². The Morgan fingerprint density at radius 1 is 1.11 bits per heavy atom. The summed E-state index contributed by atoms with van der Waals surface area (Å²) in [4.78, 5) is 20.1. The lowest BCUT2D eigenvalue weighted by molar-refractivity contribution is 0.102. The third-order valence-electron chi connectivity index (χ3n) is 3.42. The number of anilines is 1. The second-order valence-electron chi connectivity index (χ2n) is 5.19. The number of rotatable bonds is 5. The summed E-state index contributed by atoms with van der Waals surface area (Å²) in [5, 5.41) is 1.93. The molecule has 2 aromatic heterocycles. The summed E-state index contributed by atoms with van der Waals surface area (Å²) in [7, 11) is 1.56. The highest BCUT2D eigenvalue weighted by molar-refractivity contribution is 6.35. The summed E-state index contributed by atoms with van der Waals surface area (Å²) in [5.74, 6) is -0.233. The van der Waals surface area contributed by atoms with Gasteiger partial charge in [-0.15, -0.1) is 0 Å². The van der Waals surface area contributed by atoms with Crippen molar-refractivity contribution in [1.29, 1.82) is 0 Å². The van der Waals surface area contributed by atoms with Crippen molar-refractivity contribution < 1.29 is 18.7 Å². The first-order chi connectivity index (χ1) is 13.0. The standard InChI is InChI=1S/C18H12Cl2FN3O3/c1-26-10-4-6-11(7-5-10)27-18-14(3-2-8-22-18)23-17(25)12-9-13(21)16(20)24-15(12)19/h2-9H,1H3,(H,23,25). The van der Waals surface area contributed by atoms with E-state index in [4.69, 9.17) is 32.7 Å². The number of ether oxygens (including phenoxy) is 2. The zero-order valence-electron chi connectivity index (χ0n) is 13.9. The number of amides is 1. The minimum absolute atomic E-state index is 0.148. The van der Waals surface area contributed by atoms with Crippen LogP contribution in [0.5, 0.6) is 17.4 Å². The van der Waals surface area contributed by atoms with Gasteiger partial charge in [0.1, 0.15) is 22.3 Å². The molecule has 27 heavy (non-hydrogen) atoms. The third-order valence-corrected chi connectivity index (χ3v) is 3.98. The average Bonchev–Trinajstić information content (AvgIpc) is 2.66. The largest absolute Gasteiger partial charge is 0.497 e. The molecular formula is C18H12Cl2FN3O3. The van der Waals surface area contributed by atoms with Crippen LogP contribution in [0, 0.1) is 5.82 Å². The van der Waals surface area contributed by atoms with Crippen molar-refractivity contribution in [2.75, 3.05) is 12.4 Å². The Labute approximate surface area is 163 Å². The third kappa shape index (κ3) is 4.45. The quantitative estimate of drug-likeness (QED) is 0.603. The van der Waals surface area contributed by atoms with Crippen LogP contribution in [0.15, 0.2) is 48.7 Å². The topological polar surface area (TPSA) is 73.3 Å². The number of carbonyl (C=O) groups excluding carboxylic acids is 1. The average molecular weight is 408 g/mol. The Morgan fingerprint density at radius 2 is 1.81 bits per heavy atom. The molecule has 1 N–H and O–H groups in total. The molecule has 0 bridgehead atoms. The summed E-state index contributed by atoms with van der Waals surface area (Å²) >= 11 is 11.4. The molecule has 9 heteroatoms. The maximum Gasteiger partial charge on any atom is 0.259 e. The van der Waals surface area contributed by atoms with Crippen molar-refractivity contribution in [3.8, 4) is 17.4 Å². The molecule has 1 aromatic carbocycles. The van der Waals surface area contributed by atoms with Crippen LogP contribution in [0.4, 0.5) is 10.1 Å². The molecule has 2 heterocycles. The highest BCUT2D eigenvalue weighted by Gasteiger charge is 2.18. The lowest BCUT2D eigenvalue weighted by atomic mass is 10.2. The van der Waals surface area contributed by atoms with Gasteiger partial charge in [0.15, 0.2) is 11.0 Å². The van der Waals surface area contributed by atoms with Crippen LogP contribution in [-0.4, -0.2) is 23.0 Å². The lowest BCUT2D eigenvalue weighted by Gasteiger charge is -2.12. The van der Waals surface area contributed by atoms with Gasteiger partial charge in [0.2, 0.25) is 5.88 Å². The van der Waals surface area contributed by atoms with E-state index in [1.165, 1.54) is 6.20 Å². The van der Waals surface area contributed by atoms with Gasteiger partial charge < -0.3 is 14.8 Å². The highest BCUT2D eigenvalue weighted by Crippen LogP contribution is 2.29.